The lowest BCUT2D eigenvalue weighted by Gasteiger charge is -2.32. The fraction of sp³-hybridized carbons (Fsp3) is 0.611. The Balaban J connectivity index is 1.63. The molecule has 0 aromatic heterocycles. The van der Waals surface area contributed by atoms with Crippen LogP contribution >= 0.6 is 0 Å². The maximum absolute atomic E-state index is 11.0. The topological polar surface area (TPSA) is 20.3 Å². The van der Waals surface area contributed by atoms with E-state index in [1.54, 1.807) is 0 Å². The normalized spacial score (nSPS) is 21.1. The summed E-state index contributed by atoms with van der Waals surface area (Å²) in [7, 11) is 0. The zero-order valence-electron chi connectivity index (χ0n) is 12.5. The van der Waals surface area contributed by atoms with Crippen molar-refractivity contribution in [3.63, 3.8) is 0 Å². The van der Waals surface area contributed by atoms with Crippen molar-refractivity contribution in [1.82, 2.24) is 4.90 Å². The molecular weight excluding hydrogens is 246 g/mol. The summed E-state index contributed by atoms with van der Waals surface area (Å²) in [5, 5.41) is 0. The van der Waals surface area contributed by atoms with E-state index in [1.807, 2.05) is 6.07 Å². The Kier molecular flexibility index (Phi) is 4.21. The van der Waals surface area contributed by atoms with Gasteiger partial charge in [-0.3, -0.25) is 4.79 Å². The average molecular weight is 271 g/mol. The second-order valence-corrected chi connectivity index (χ2v) is 6.45. The molecule has 1 saturated carbocycles. The molecule has 108 valence electrons. The summed E-state index contributed by atoms with van der Waals surface area (Å²) in [5.74, 6) is 1.70. The summed E-state index contributed by atoms with van der Waals surface area (Å²) >= 11 is 0. The molecule has 1 heterocycles. The van der Waals surface area contributed by atoms with Crippen LogP contribution in [0.25, 0.3) is 0 Å². The predicted molar refractivity (Wildman–Crippen MR) is 82.3 cm³/mol. The van der Waals surface area contributed by atoms with Crippen LogP contribution in [0.4, 0.5) is 0 Å². The van der Waals surface area contributed by atoms with Crippen LogP contribution in [-0.4, -0.2) is 30.8 Å². The molecule has 1 aromatic carbocycles. The van der Waals surface area contributed by atoms with E-state index in [4.69, 9.17) is 0 Å². The van der Waals surface area contributed by atoms with Gasteiger partial charge in [0.05, 0.1) is 0 Å². The maximum Gasteiger partial charge on any atom is 0.150 e. The average Bonchev–Trinajstić information content (AvgIpc) is 3.31. The van der Waals surface area contributed by atoms with E-state index in [9.17, 15) is 4.79 Å². The summed E-state index contributed by atoms with van der Waals surface area (Å²) in [6.07, 6.45) is 7.38. The van der Waals surface area contributed by atoms with Crippen LogP contribution in [0.3, 0.4) is 0 Å². The molecule has 2 heteroatoms. The van der Waals surface area contributed by atoms with Crippen molar-refractivity contribution in [3.05, 3.63) is 34.9 Å². The standard InChI is InChI=1S/C18H25NO/c1-2-15-11-17(5-6-18(15)13-20)16-7-9-19(10-8-16)12-14-3-4-14/h5-6,11,13-14,16H,2-4,7-10,12H2,1H3. The third-order valence-corrected chi connectivity index (χ3v) is 4.95. The fourth-order valence-corrected chi connectivity index (χ4v) is 3.42. The van der Waals surface area contributed by atoms with Crippen molar-refractivity contribution >= 4 is 6.29 Å². The van der Waals surface area contributed by atoms with Gasteiger partial charge in [-0.05, 0) is 68.2 Å². The molecule has 3 rings (SSSR count). The van der Waals surface area contributed by atoms with Gasteiger partial charge in [0, 0.05) is 12.1 Å². The van der Waals surface area contributed by atoms with Gasteiger partial charge in [-0.1, -0.05) is 25.1 Å². The van der Waals surface area contributed by atoms with Crippen LogP contribution in [-0.2, 0) is 6.42 Å². The highest BCUT2D eigenvalue weighted by Crippen LogP contribution is 2.33. The number of nitrogens with zero attached hydrogens (tertiary/aromatic N) is 1. The number of rotatable bonds is 5. The summed E-state index contributed by atoms with van der Waals surface area (Å²) in [4.78, 5) is 13.7. The Morgan fingerprint density at radius 2 is 1.95 bits per heavy atom. The van der Waals surface area contributed by atoms with Crippen LogP contribution in [0.1, 0.15) is 60.0 Å². The SMILES string of the molecule is CCc1cc(C2CCN(CC3CC3)CC2)ccc1C=O. The smallest absolute Gasteiger partial charge is 0.150 e. The van der Waals surface area contributed by atoms with E-state index >= 15 is 0 Å². The number of aryl methyl sites for hydroxylation is 1. The lowest BCUT2D eigenvalue weighted by atomic mass is 9.87. The second kappa shape index (κ2) is 6.09. The quantitative estimate of drug-likeness (QED) is 0.762. The molecule has 1 aliphatic carbocycles. The van der Waals surface area contributed by atoms with Crippen molar-refractivity contribution in [1.29, 1.82) is 0 Å². The van der Waals surface area contributed by atoms with Crippen molar-refractivity contribution in [3.8, 4) is 0 Å². The predicted octanol–water partition coefficient (Wildman–Crippen LogP) is 3.65. The molecule has 0 radical (unpaired) electrons. The van der Waals surface area contributed by atoms with Crippen molar-refractivity contribution < 1.29 is 4.79 Å². The third kappa shape index (κ3) is 3.12. The highest BCUT2D eigenvalue weighted by Gasteiger charge is 2.27. The van der Waals surface area contributed by atoms with Crippen LogP contribution in [0.15, 0.2) is 18.2 Å². The minimum atomic E-state index is 0.691. The molecule has 2 aliphatic rings. The van der Waals surface area contributed by atoms with Crippen molar-refractivity contribution in [2.75, 3.05) is 19.6 Å². The van der Waals surface area contributed by atoms with E-state index in [1.165, 1.54) is 56.4 Å². The van der Waals surface area contributed by atoms with Crippen molar-refractivity contribution in [2.45, 2.75) is 44.9 Å². The number of benzene rings is 1. The molecule has 0 spiro atoms. The number of aldehydes is 1. The Morgan fingerprint density at radius 1 is 1.20 bits per heavy atom. The van der Waals surface area contributed by atoms with E-state index in [0.29, 0.717) is 5.92 Å². The minimum absolute atomic E-state index is 0.691. The molecule has 0 amide bonds. The highest BCUT2D eigenvalue weighted by atomic mass is 16.1. The van der Waals surface area contributed by atoms with Crippen LogP contribution in [0, 0.1) is 5.92 Å². The monoisotopic (exact) mass is 271 g/mol. The Hall–Kier alpha value is -1.15. The molecule has 1 saturated heterocycles. The molecule has 1 aliphatic heterocycles. The van der Waals surface area contributed by atoms with E-state index < -0.39 is 0 Å². The lowest BCUT2D eigenvalue weighted by molar-refractivity contribution is 0.112. The molecule has 0 atom stereocenters. The number of likely N-dealkylation sites (tertiary alicyclic amines) is 1. The largest absolute Gasteiger partial charge is 0.303 e. The van der Waals surface area contributed by atoms with E-state index in [-0.39, 0.29) is 0 Å². The van der Waals surface area contributed by atoms with Gasteiger partial charge in [0.1, 0.15) is 6.29 Å². The molecule has 0 bridgehead atoms. The molecule has 0 N–H and O–H groups in total. The highest BCUT2D eigenvalue weighted by molar-refractivity contribution is 5.77. The molecule has 0 unspecified atom stereocenters. The fourth-order valence-electron chi connectivity index (χ4n) is 3.42. The number of carbonyl (C=O) groups is 1. The number of piperidine rings is 1. The van der Waals surface area contributed by atoms with Gasteiger partial charge in [-0.15, -0.1) is 0 Å². The summed E-state index contributed by atoms with van der Waals surface area (Å²) in [6, 6.07) is 6.45. The van der Waals surface area contributed by atoms with Gasteiger partial charge in [0.25, 0.3) is 0 Å². The first-order valence-corrected chi connectivity index (χ1v) is 8.10. The van der Waals surface area contributed by atoms with E-state index in [2.05, 4.69) is 24.0 Å². The Labute approximate surface area is 122 Å². The van der Waals surface area contributed by atoms with Gasteiger partial charge < -0.3 is 4.90 Å². The molecule has 2 nitrogen and oxygen atoms in total. The van der Waals surface area contributed by atoms with Gasteiger partial charge in [-0.25, -0.2) is 0 Å². The first kappa shape index (κ1) is 13.8. The minimum Gasteiger partial charge on any atom is -0.303 e. The molecule has 1 aromatic rings. The zero-order valence-corrected chi connectivity index (χ0v) is 12.5. The maximum atomic E-state index is 11.0. The Bertz CT molecular complexity index is 470. The lowest BCUT2D eigenvalue weighted by Crippen LogP contribution is -2.34. The number of hydrogen-bond donors (Lipinski definition) is 0. The molecule has 2 fully saturated rings. The van der Waals surface area contributed by atoms with Crippen LogP contribution < -0.4 is 0 Å². The van der Waals surface area contributed by atoms with Gasteiger partial charge in [0.2, 0.25) is 0 Å². The zero-order chi connectivity index (χ0) is 13.9. The summed E-state index contributed by atoms with van der Waals surface area (Å²) in [6.45, 7) is 5.96. The van der Waals surface area contributed by atoms with Crippen molar-refractivity contribution in [2.24, 2.45) is 5.92 Å². The molecular formula is C18H25NO. The summed E-state index contributed by atoms with van der Waals surface area (Å²) in [5.41, 5.74) is 3.51. The second-order valence-electron chi connectivity index (χ2n) is 6.45. The van der Waals surface area contributed by atoms with Gasteiger partial charge in [0.15, 0.2) is 0 Å². The number of hydrogen-bond acceptors (Lipinski definition) is 2. The van der Waals surface area contributed by atoms with Crippen LogP contribution in [0.2, 0.25) is 0 Å². The van der Waals surface area contributed by atoms with Gasteiger partial charge in [-0.2, -0.15) is 0 Å². The van der Waals surface area contributed by atoms with Crippen LogP contribution in [0.5, 0.6) is 0 Å². The molecule has 20 heavy (non-hydrogen) atoms. The number of carbonyl (C=O) groups excluding carboxylic acids is 1. The first-order chi connectivity index (χ1) is 9.80. The first-order valence-electron chi connectivity index (χ1n) is 8.10. The van der Waals surface area contributed by atoms with Gasteiger partial charge >= 0.3 is 0 Å². The Morgan fingerprint density at radius 3 is 2.55 bits per heavy atom. The third-order valence-electron chi connectivity index (χ3n) is 4.95. The summed E-state index contributed by atoms with van der Waals surface area (Å²) < 4.78 is 0. The van der Waals surface area contributed by atoms with E-state index in [0.717, 1.165) is 24.2 Å².